The molecule has 0 saturated carbocycles. The monoisotopic (exact) mass is 339 g/mol. The molecule has 5 heteroatoms. The number of hydrogen-bond acceptors (Lipinski definition) is 3. The molecule has 1 amide bonds. The number of benzene rings is 1. The minimum absolute atomic E-state index is 0.0368. The summed E-state index contributed by atoms with van der Waals surface area (Å²) in [4.78, 5) is 14.3. The van der Waals surface area contributed by atoms with Gasteiger partial charge in [0.15, 0.2) is 0 Å². The van der Waals surface area contributed by atoms with Crippen molar-refractivity contribution in [3.63, 3.8) is 0 Å². The fourth-order valence-corrected chi connectivity index (χ4v) is 3.43. The van der Waals surface area contributed by atoms with Crippen molar-refractivity contribution in [1.82, 2.24) is 14.7 Å². The molecule has 2 heterocycles. The first-order valence-electron chi connectivity index (χ1n) is 8.75. The van der Waals surface area contributed by atoms with Crippen LogP contribution in [0, 0.1) is 0 Å². The normalized spacial score (nSPS) is 19.8. The fraction of sp³-hybridized carbons (Fsp3) is 0.400. The third-order valence-corrected chi connectivity index (χ3v) is 4.78. The first-order chi connectivity index (χ1) is 12.1. The summed E-state index contributed by atoms with van der Waals surface area (Å²) < 4.78 is 7.56. The van der Waals surface area contributed by atoms with E-state index < -0.39 is 0 Å². The Labute approximate surface area is 148 Å². The number of aryl methyl sites for hydroxylation is 1. The fourth-order valence-electron chi connectivity index (χ4n) is 3.43. The van der Waals surface area contributed by atoms with E-state index in [9.17, 15) is 4.79 Å². The summed E-state index contributed by atoms with van der Waals surface area (Å²) in [6.07, 6.45) is 7.14. The molecule has 132 valence electrons. The topological polar surface area (TPSA) is 47.4 Å². The highest BCUT2D eigenvalue weighted by Crippen LogP contribution is 2.25. The van der Waals surface area contributed by atoms with E-state index in [1.807, 2.05) is 24.3 Å². The van der Waals surface area contributed by atoms with Gasteiger partial charge in [-0.25, -0.2) is 0 Å². The average molecular weight is 339 g/mol. The largest absolute Gasteiger partial charge is 0.376 e. The van der Waals surface area contributed by atoms with Crippen LogP contribution in [0.15, 0.2) is 49.3 Å². The molecule has 5 nitrogen and oxygen atoms in total. The van der Waals surface area contributed by atoms with E-state index in [0.29, 0.717) is 13.2 Å². The molecule has 1 aliphatic rings. The Bertz CT molecular complexity index is 736. The smallest absolute Gasteiger partial charge is 0.246 e. The molecular formula is C20H25N3O2. The van der Waals surface area contributed by atoms with Gasteiger partial charge in [0.05, 0.1) is 18.3 Å². The molecule has 2 aromatic rings. The van der Waals surface area contributed by atoms with Crippen LogP contribution in [0.2, 0.25) is 0 Å². The maximum absolute atomic E-state index is 12.4. The second kappa shape index (κ2) is 7.66. The van der Waals surface area contributed by atoms with Gasteiger partial charge in [-0.1, -0.05) is 37.8 Å². The summed E-state index contributed by atoms with van der Waals surface area (Å²) >= 11 is 0. The molecule has 0 unspecified atom stereocenters. The van der Waals surface area contributed by atoms with Gasteiger partial charge in [-0.3, -0.25) is 9.48 Å². The summed E-state index contributed by atoms with van der Waals surface area (Å²) in [7, 11) is 1.91. The summed E-state index contributed by atoms with van der Waals surface area (Å²) in [5.74, 6) is -0.0368. The molecule has 3 rings (SSSR count). The minimum Gasteiger partial charge on any atom is -0.376 e. The number of carbonyl (C=O) groups excluding carboxylic acids is 1. The predicted molar refractivity (Wildman–Crippen MR) is 97.8 cm³/mol. The van der Waals surface area contributed by atoms with Crippen molar-refractivity contribution in [3.05, 3.63) is 54.9 Å². The molecule has 0 spiro atoms. The number of rotatable bonds is 6. The molecule has 1 saturated heterocycles. The van der Waals surface area contributed by atoms with Gasteiger partial charge in [-0.05, 0) is 30.0 Å². The number of aromatic nitrogens is 2. The van der Waals surface area contributed by atoms with Crippen LogP contribution in [0.1, 0.15) is 25.3 Å². The van der Waals surface area contributed by atoms with Gasteiger partial charge in [-0.2, -0.15) is 5.10 Å². The molecule has 25 heavy (non-hydrogen) atoms. The van der Waals surface area contributed by atoms with E-state index in [0.717, 1.165) is 29.5 Å². The standard InChI is InChI=1S/C20H25N3O2/c1-4-19-18(10-11-25-19)23(20(24)5-2)13-15-6-8-16(9-7-15)17-12-21-22(3)14-17/h5-9,12,14,18-19H,2,4,10-11,13H2,1,3H3/t18-,19+/m1/s1. The van der Waals surface area contributed by atoms with Gasteiger partial charge < -0.3 is 9.64 Å². The number of hydrogen-bond donors (Lipinski definition) is 0. The van der Waals surface area contributed by atoms with Crippen molar-refractivity contribution >= 4 is 5.91 Å². The quantitative estimate of drug-likeness (QED) is 0.760. The first kappa shape index (κ1) is 17.4. The zero-order chi connectivity index (χ0) is 17.8. The molecular weight excluding hydrogens is 314 g/mol. The lowest BCUT2D eigenvalue weighted by Crippen LogP contribution is -2.43. The maximum Gasteiger partial charge on any atom is 0.246 e. The van der Waals surface area contributed by atoms with Crippen LogP contribution in [0.5, 0.6) is 0 Å². The van der Waals surface area contributed by atoms with Gasteiger partial charge >= 0.3 is 0 Å². The lowest BCUT2D eigenvalue weighted by Gasteiger charge is -2.31. The second-order valence-electron chi connectivity index (χ2n) is 6.44. The highest BCUT2D eigenvalue weighted by molar-refractivity contribution is 5.87. The summed E-state index contributed by atoms with van der Waals surface area (Å²) in [6, 6.07) is 8.41. The summed E-state index contributed by atoms with van der Waals surface area (Å²) in [5, 5.41) is 4.21. The number of amides is 1. The SMILES string of the molecule is C=CC(=O)N(Cc1ccc(-c2cnn(C)c2)cc1)[C@@H]1CCO[C@H]1CC. The third kappa shape index (κ3) is 3.82. The summed E-state index contributed by atoms with van der Waals surface area (Å²) in [6.45, 7) is 7.04. The van der Waals surface area contributed by atoms with E-state index in [2.05, 4.69) is 42.9 Å². The molecule has 0 bridgehead atoms. The van der Waals surface area contributed by atoms with Crippen molar-refractivity contribution in [2.24, 2.45) is 7.05 Å². The van der Waals surface area contributed by atoms with Gasteiger partial charge in [0.25, 0.3) is 0 Å². The van der Waals surface area contributed by atoms with Crippen molar-refractivity contribution in [1.29, 1.82) is 0 Å². The van der Waals surface area contributed by atoms with E-state index in [4.69, 9.17) is 4.74 Å². The van der Waals surface area contributed by atoms with E-state index >= 15 is 0 Å². The Morgan fingerprint density at radius 1 is 1.40 bits per heavy atom. The number of ether oxygens (including phenoxy) is 1. The van der Waals surface area contributed by atoms with E-state index in [-0.39, 0.29) is 18.1 Å². The van der Waals surface area contributed by atoms with Crippen LogP contribution >= 0.6 is 0 Å². The molecule has 0 radical (unpaired) electrons. The zero-order valence-electron chi connectivity index (χ0n) is 14.9. The van der Waals surface area contributed by atoms with Gasteiger partial charge in [-0.15, -0.1) is 0 Å². The van der Waals surface area contributed by atoms with Crippen molar-refractivity contribution in [2.45, 2.75) is 38.5 Å². The lowest BCUT2D eigenvalue weighted by atomic mass is 10.0. The van der Waals surface area contributed by atoms with Crippen LogP contribution in [0.3, 0.4) is 0 Å². The van der Waals surface area contributed by atoms with Gasteiger partial charge in [0, 0.05) is 32.0 Å². The molecule has 1 aliphatic heterocycles. The number of carbonyl (C=O) groups is 1. The van der Waals surface area contributed by atoms with Crippen LogP contribution < -0.4 is 0 Å². The molecule has 0 aliphatic carbocycles. The predicted octanol–water partition coefficient (Wildman–Crippen LogP) is 3.17. The molecule has 0 N–H and O–H groups in total. The maximum atomic E-state index is 12.4. The van der Waals surface area contributed by atoms with Crippen LogP contribution in [-0.4, -0.2) is 39.3 Å². The first-order valence-corrected chi connectivity index (χ1v) is 8.75. The average Bonchev–Trinajstić information content (AvgIpc) is 3.28. The van der Waals surface area contributed by atoms with Crippen molar-refractivity contribution < 1.29 is 9.53 Å². The molecule has 1 aromatic carbocycles. The molecule has 1 fully saturated rings. The Balaban J connectivity index is 1.77. The molecule has 1 aromatic heterocycles. The third-order valence-electron chi connectivity index (χ3n) is 4.78. The van der Waals surface area contributed by atoms with Crippen molar-refractivity contribution in [2.75, 3.05) is 6.61 Å². The highest BCUT2D eigenvalue weighted by Gasteiger charge is 2.33. The van der Waals surface area contributed by atoms with Crippen LogP contribution in [-0.2, 0) is 23.1 Å². The Morgan fingerprint density at radius 3 is 2.76 bits per heavy atom. The summed E-state index contributed by atoms with van der Waals surface area (Å²) in [5.41, 5.74) is 3.31. The van der Waals surface area contributed by atoms with Crippen LogP contribution in [0.25, 0.3) is 11.1 Å². The Hall–Kier alpha value is -2.40. The zero-order valence-corrected chi connectivity index (χ0v) is 14.9. The van der Waals surface area contributed by atoms with Crippen molar-refractivity contribution in [3.8, 4) is 11.1 Å². The van der Waals surface area contributed by atoms with Gasteiger partial charge in [0.1, 0.15) is 0 Å². The number of nitrogens with zero attached hydrogens (tertiary/aromatic N) is 3. The van der Waals surface area contributed by atoms with Crippen LogP contribution in [0.4, 0.5) is 0 Å². The van der Waals surface area contributed by atoms with E-state index in [1.165, 1.54) is 6.08 Å². The highest BCUT2D eigenvalue weighted by atomic mass is 16.5. The van der Waals surface area contributed by atoms with Gasteiger partial charge in [0.2, 0.25) is 5.91 Å². The minimum atomic E-state index is -0.0368. The van der Waals surface area contributed by atoms with E-state index in [1.54, 1.807) is 4.68 Å². The Morgan fingerprint density at radius 2 is 2.16 bits per heavy atom. The Kier molecular flexibility index (Phi) is 5.34. The lowest BCUT2D eigenvalue weighted by molar-refractivity contribution is -0.130. The second-order valence-corrected chi connectivity index (χ2v) is 6.44. The molecule has 2 atom stereocenters.